The summed E-state index contributed by atoms with van der Waals surface area (Å²) in [5, 5.41) is 12.7. The molecule has 2 nitrogen and oxygen atoms in total. The molecule has 0 N–H and O–H groups in total. The number of unbranched alkanes of at least 4 members (excludes halogenated alkanes) is 12. The molecule has 0 aromatic rings. The highest BCUT2D eigenvalue weighted by Gasteiger charge is 2.30. The monoisotopic (exact) mass is 339 g/mol. The van der Waals surface area contributed by atoms with Gasteiger partial charge in [-0.1, -0.05) is 90.9 Å². The molecular weight excluding hydrogens is 294 g/mol. The average Bonchev–Trinajstić information content (AvgIpc) is 3.03. The molecule has 0 aromatic carbocycles. The lowest BCUT2D eigenvalue weighted by Gasteiger charge is -2.45. The van der Waals surface area contributed by atoms with E-state index in [1.807, 2.05) is 0 Å². The molecule has 1 aliphatic heterocycles. The van der Waals surface area contributed by atoms with Crippen LogP contribution in [0.1, 0.15) is 123 Å². The van der Waals surface area contributed by atoms with E-state index in [4.69, 9.17) is 0 Å². The molecule has 1 unspecified atom stereocenters. The largest absolute Gasteiger partial charge is 0.633 e. The van der Waals surface area contributed by atoms with Crippen molar-refractivity contribution in [1.29, 1.82) is 0 Å². The number of nitrogens with zero attached hydrogens (tertiary/aromatic N) is 1. The predicted octanol–water partition coefficient (Wildman–Crippen LogP) is 7.35. The summed E-state index contributed by atoms with van der Waals surface area (Å²) in [5.74, 6) is 0. The molecule has 0 spiro atoms. The molecule has 0 bridgehead atoms. The number of rotatable bonds is 16. The zero-order valence-corrected chi connectivity index (χ0v) is 16.9. The van der Waals surface area contributed by atoms with Crippen LogP contribution in [0.5, 0.6) is 0 Å². The molecular formula is C22H45NO. The van der Waals surface area contributed by atoms with Crippen LogP contribution in [-0.4, -0.2) is 23.8 Å². The highest BCUT2D eigenvalue weighted by atomic mass is 16.5. The molecule has 0 aromatic heterocycles. The summed E-state index contributed by atoms with van der Waals surface area (Å²) in [4.78, 5) is 0. The lowest BCUT2D eigenvalue weighted by molar-refractivity contribution is -0.894. The van der Waals surface area contributed by atoms with Crippen molar-refractivity contribution in [2.24, 2.45) is 0 Å². The molecule has 0 amide bonds. The molecule has 1 fully saturated rings. The third kappa shape index (κ3) is 9.42. The second-order valence-corrected chi connectivity index (χ2v) is 8.20. The van der Waals surface area contributed by atoms with Gasteiger partial charge in [-0.25, -0.2) is 0 Å². The zero-order valence-electron chi connectivity index (χ0n) is 16.9. The van der Waals surface area contributed by atoms with Crippen LogP contribution in [0.25, 0.3) is 0 Å². The Morgan fingerprint density at radius 2 is 1.08 bits per heavy atom. The molecule has 1 saturated heterocycles. The second kappa shape index (κ2) is 14.1. The van der Waals surface area contributed by atoms with Crippen LogP contribution < -0.4 is 0 Å². The van der Waals surface area contributed by atoms with Crippen LogP contribution in [0.4, 0.5) is 0 Å². The summed E-state index contributed by atoms with van der Waals surface area (Å²) < 4.78 is 0.134. The van der Waals surface area contributed by atoms with Gasteiger partial charge in [0.1, 0.15) is 0 Å². The molecule has 1 aliphatic rings. The first-order valence-electron chi connectivity index (χ1n) is 11.3. The van der Waals surface area contributed by atoms with E-state index in [1.165, 1.54) is 83.5 Å². The fourth-order valence-electron chi connectivity index (χ4n) is 4.41. The van der Waals surface area contributed by atoms with Gasteiger partial charge in [-0.15, -0.1) is 0 Å². The Labute approximate surface area is 152 Å². The van der Waals surface area contributed by atoms with Crippen molar-refractivity contribution < 1.29 is 4.65 Å². The smallest absolute Gasteiger partial charge is 0.0884 e. The maximum Gasteiger partial charge on any atom is 0.0884 e. The quantitative estimate of drug-likeness (QED) is 0.164. The number of hydrogen-bond acceptors (Lipinski definition) is 1. The third-order valence-corrected chi connectivity index (χ3v) is 6.10. The van der Waals surface area contributed by atoms with Gasteiger partial charge in [0, 0.05) is 12.8 Å². The van der Waals surface area contributed by atoms with Gasteiger partial charge in [-0.2, -0.15) is 0 Å². The maximum absolute atomic E-state index is 12.7. The zero-order chi connectivity index (χ0) is 17.5. The Hall–Kier alpha value is -0.0800. The highest BCUT2D eigenvalue weighted by molar-refractivity contribution is 4.65. The van der Waals surface area contributed by atoms with Crippen molar-refractivity contribution in [3.05, 3.63) is 5.21 Å². The van der Waals surface area contributed by atoms with Crippen LogP contribution in [0.3, 0.4) is 0 Å². The second-order valence-electron chi connectivity index (χ2n) is 8.20. The topological polar surface area (TPSA) is 23.1 Å². The fourth-order valence-corrected chi connectivity index (χ4v) is 4.41. The van der Waals surface area contributed by atoms with E-state index in [9.17, 15) is 5.21 Å². The number of hydrogen-bond donors (Lipinski definition) is 0. The third-order valence-electron chi connectivity index (χ3n) is 6.10. The van der Waals surface area contributed by atoms with Crippen LogP contribution in [-0.2, 0) is 0 Å². The van der Waals surface area contributed by atoms with Crippen LogP contribution in [0, 0.1) is 5.21 Å². The summed E-state index contributed by atoms with van der Waals surface area (Å²) in [5.41, 5.74) is 0. The molecule has 1 rings (SSSR count). The standard InChI is InChI=1S/C22H45NO/c1-3-5-6-7-8-9-10-11-12-13-14-15-16-19-22(4-2)23(24)20-17-18-21-23/h22H,3-21H2,1-2H3. The summed E-state index contributed by atoms with van der Waals surface area (Å²) in [6.45, 7) is 6.27. The van der Waals surface area contributed by atoms with Gasteiger partial charge >= 0.3 is 0 Å². The Bertz CT molecular complexity index is 273. The Balaban J connectivity index is 1.86. The summed E-state index contributed by atoms with van der Waals surface area (Å²) in [6, 6.07) is 0.389. The number of likely N-dealkylation sites (tertiary alicyclic amines) is 1. The number of hydroxylamine groups is 3. The normalized spacial score (nSPS) is 18.1. The van der Waals surface area contributed by atoms with Crippen molar-refractivity contribution in [1.82, 2.24) is 0 Å². The highest BCUT2D eigenvalue weighted by Crippen LogP contribution is 2.27. The minimum absolute atomic E-state index is 0.134. The molecule has 0 saturated carbocycles. The van der Waals surface area contributed by atoms with Crippen molar-refractivity contribution >= 4 is 0 Å². The first kappa shape index (κ1) is 22.0. The minimum atomic E-state index is 0.134. The minimum Gasteiger partial charge on any atom is -0.633 e. The van der Waals surface area contributed by atoms with E-state index in [1.54, 1.807) is 0 Å². The van der Waals surface area contributed by atoms with E-state index in [2.05, 4.69) is 13.8 Å². The van der Waals surface area contributed by atoms with Crippen LogP contribution in [0.2, 0.25) is 0 Å². The van der Waals surface area contributed by atoms with Gasteiger partial charge in [-0.05, 0) is 19.3 Å². The summed E-state index contributed by atoms with van der Waals surface area (Å²) >= 11 is 0. The van der Waals surface area contributed by atoms with E-state index in [-0.39, 0.29) is 4.65 Å². The van der Waals surface area contributed by atoms with Gasteiger partial charge in [0.2, 0.25) is 0 Å². The Kier molecular flexibility index (Phi) is 12.9. The van der Waals surface area contributed by atoms with E-state index < -0.39 is 0 Å². The molecule has 1 heterocycles. The van der Waals surface area contributed by atoms with E-state index in [0.717, 1.165) is 38.8 Å². The first-order valence-corrected chi connectivity index (χ1v) is 11.3. The Morgan fingerprint density at radius 3 is 1.50 bits per heavy atom. The van der Waals surface area contributed by atoms with Crippen molar-refractivity contribution in [3.8, 4) is 0 Å². The molecule has 24 heavy (non-hydrogen) atoms. The van der Waals surface area contributed by atoms with Gasteiger partial charge in [0.05, 0.1) is 19.1 Å². The van der Waals surface area contributed by atoms with Crippen LogP contribution in [0.15, 0.2) is 0 Å². The van der Waals surface area contributed by atoms with Gasteiger partial charge in [-0.3, -0.25) is 0 Å². The summed E-state index contributed by atoms with van der Waals surface area (Å²) in [6.07, 6.45) is 22.8. The summed E-state index contributed by atoms with van der Waals surface area (Å²) in [7, 11) is 0. The van der Waals surface area contributed by atoms with Gasteiger partial charge in [0.25, 0.3) is 0 Å². The molecule has 2 heteroatoms. The predicted molar refractivity (Wildman–Crippen MR) is 107 cm³/mol. The molecule has 0 radical (unpaired) electrons. The van der Waals surface area contributed by atoms with Crippen molar-refractivity contribution in [2.75, 3.05) is 13.1 Å². The van der Waals surface area contributed by atoms with Gasteiger partial charge < -0.3 is 9.85 Å². The lowest BCUT2D eigenvalue weighted by Crippen LogP contribution is -2.47. The fraction of sp³-hybridized carbons (Fsp3) is 1.00. The molecule has 0 aliphatic carbocycles. The first-order chi connectivity index (χ1) is 11.7. The maximum atomic E-state index is 12.7. The molecule has 144 valence electrons. The Morgan fingerprint density at radius 1 is 0.667 bits per heavy atom. The molecule has 1 atom stereocenters. The average molecular weight is 340 g/mol. The van der Waals surface area contributed by atoms with E-state index >= 15 is 0 Å². The SMILES string of the molecule is CCCCCCCCCCCCCCCC(CC)[N+]1([O-])CCCC1. The lowest BCUT2D eigenvalue weighted by atomic mass is 10.0. The number of quaternary nitrogens is 1. The van der Waals surface area contributed by atoms with Crippen molar-refractivity contribution in [3.63, 3.8) is 0 Å². The van der Waals surface area contributed by atoms with Crippen molar-refractivity contribution in [2.45, 2.75) is 129 Å². The van der Waals surface area contributed by atoms with Gasteiger partial charge in [0.15, 0.2) is 0 Å². The van der Waals surface area contributed by atoms with Crippen LogP contribution >= 0.6 is 0 Å². The van der Waals surface area contributed by atoms with E-state index in [0.29, 0.717) is 6.04 Å².